The quantitative estimate of drug-likeness (QED) is 0.0510. The lowest BCUT2D eigenvalue weighted by Gasteiger charge is -2.38. The summed E-state index contributed by atoms with van der Waals surface area (Å²) in [7, 11) is 3.75. The predicted octanol–water partition coefficient (Wildman–Crippen LogP) is 7.65. The number of halogens is 6. The van der Waals surface area contributed by atoms with Crippen molar-refractivity contribution in [2.75, 3.05) is 60.2 Å². The Morgan fingerprint density at radius 2 is 1.74 bits per heavy atom. The molecule has 3 rings (SSSR count). The molecule has 3 aliphatic rings. The third kappa shape index (κ3) is 13.8. The maximum atomic E-state index is 13.5. The summed E-state index contributed by atoms with van der Waals surface area (Å²) in [6.07, 6.45) is 2.05. The van der Waals surface area contributed by atoms with Gasteiger partial charge in [0.25, 0.3) is 0 Å². The second kappa shape index (κ2) is 19.1. The Kier molecular flexibility index (Phi) is 16.2. The molecule has 2 N–H and O–H groups in total. The van der Waals surface area contributed by atoms with Gasteiger partial charge >= 0.3 is 12.4 Å². The monoisotopic (exact) mass is 680 g/mol. The van der Waals surface area contributed by atoms with Crippen molar-refractivity contribution < 1.29 is 35.9 Å². The molecule has 0 bridgehead atoms. The molecular formula is C35H58F6N4O2. The molecule has 12 heteroatoms. The Balaban J connectivity index is 1.71. The van der Waals surface area contributed by atoms with Crippen LogP contribution >= 0.6 is 0 Å². The molecule has 0 aromatic rings. The van der Waals surface area contributed by atoms with Crippen LogP contribution in [0, 0.1) is 23.7 Å². The second-order valence-electron chi connectivity index (χ2n) is 14.1. The Morgan fingerprint density at radius 1 is 1.02 bits per heavy atom. The zero-order valence-electron chi connectivity index (χ0n) is 29.0. The minimum atomic E-state index is -4.87. The Labute approximate surface area is 278 Å². The van der Waals surface area contributed by atoms with Gasteiger partial charge in [-0.1, -0.05) is 44.4 Å². The van der Waals surface area contributed by atoms with Crippen molar-refractivity contribution in [3.8, 4) is 0 Å². The van der Waals surface area contributed by atoms with Crippen LogP contribution in [0.4, 0.5) is 26.3 Å². The van der Waals surface area contributed by atoms with Gasteiger partial charge in [-0.15, -0.1) is 0 Å². The molecule has 2 aliphatic carbocycles. The molecule has 0 radical (unpaired) electrons. The average molecular weight is 681 g/mol. The Hall–Kier alpha value is -1.44. The maximum Gasteiger partial charge on any atom is 0.416 e. The highest BCUT2D eigenvalue weighted by Crippen LogP contribution is 2.41. The number of unbranched alkanes of at least 4 members (excludes halogenated alkanes) is 2. The standard InChI is InChI=1S/C35H58F6N4O2/c1-6-7-8-14-42-31-11-15-45(16-12-31)17-13-32(28-10-9-25(2)26(3)18-28)33(43-47-24-44(4)5)23-46-22-27-19-29(34(36,37)38)21-30(20-27)35(39,40)41/h18-19,21,25,28,30-33,42-43H,6-17,20,22-24H2,1-5H3. The van der Waals surface area contributed by atoms with Crippen LogP contribution in [0.25, 0.3) is 0 Å². The number of alkyl halides is 6. The largest absolute Gasteiger partial charge is 0.416 e. The summed E-state index contributed by atoms with van der Waals surface area (Å²) in [5, 5.41) is 3.71. The van der Waals surface area contributed by atoms with Crippen LogP contribution in [0.1, 0.15) is 78.6 Å². The summed E-state index contributed by atoms with van der Waals surface area (Å²) in [6, 6.07) is 0.237. The van der Waals surface area contributed by atoms with Gasteiger partial charge in [-0.25, -0.2) is 0 Å². The second-order valence-corrected chi connectivity index (χ2v) is 14.1. The van der Waals surface area contributed by atoms with Crippen LogP contribution in [0.2, 0.25) is 0 Å². The van der Waals surface area contributed by atoms with E-state index in [1.165, 1.54) is 24.8 Å². The molecule has 0 saturated carbocycles. The lowest BCUT2D eigenvalue weighted by Crippen LogP contribution is -2.47. The molecule has 47 heavy (non-hydrogen) atoms. The number of piperidine rings is 1. The highest BCUT2D eigenvalue weighted by Gasteiger charge is 2.44. The minimum absolute atomic E-state index is 0.0138. The van der Waals surface area contributed by atoms with Crippen molar-refractivity contribution in [3.63, 3.8) is 0 Å². The SMILES string of the molecule is CCCCCNC1CCN(CCC(C2C=C(C)C(C)CC2)C(COCC2=CC(C(F)(F)F)=CC(C(F)(F)F)C2)NOCN(C)C)CC1. The van der Waals surface area contributed by atoms with Gasteiger partial charge in [0, 0.05) is 6.04 Å². The Bertz CT molecular complexity index is 1020. The number of likely N-dealkylation sites (tertiary alicyclic amines) is 1. The summed E-state index contributed by atoms with van der Waals surface area (Å²) in [5.74, 6) is -1.35. The normalized spacial score (nSPS) is 25.0. The van der Waals surface area contributed by atoms with Gasteiger partial charge in [-0.3, -0.25) is 9.74 Å². The lowest BCUT2D eigenvalue weighted by molar-refractivity contribution is -0.162. The average Bonchev–Trinajstić information content (AvgIpc) is 3.00. The van der Waals surface area contributed by atoms with Gasteiger partial charge in [-0.05, 0) is 122 Å². The molecule has 6 nitrogen and oxygen atoms in total. The smallest absolute Gasteiger partial charge is 0.375 e. The van der Waals surface area contributed by atoms with Crippen LogP contribution in [0.15, 0.2) is 34.9 Å². The van der Waals surface area contributed by atoms with Crippen molar-refractivity contribution in [1.29, 1.82) is 0 Å². The fourth-order valence-electron chi connectivity index (χ4n) is 6.89. The zero-order valence-corrected chi connectivity index (χ0v) is 29.0. The van der Waals surface area contributed by atoms with Crippen molar-refractivity contribution in [2.45, 2.75) is 103 Å². The van der Waals surface area contributed by atoms with E-state index in [2.05, 4.69) is 42.5 Å². The van der Waals surface area contributed by atoms with E-state index in [4.69, 9.17) is 9.57 Å². The van der Waals surface area contributed by atoms with Crippen molar-refractivity contribution in [1.82, 2.24) is 20.6 Å². The highest BCUT2D eigenvalue weighted by molar-refractivity contribution is 5.33. The topological polar surface area (TPSA) is 49.0 Å². The van der Waals surface area contributed by atoms with Gasteiger partial charge in [0.2, 0.25) is 0 Å². The molecule has 0 amide bonds. The Morgan fingerprint density at radius 3 is 2.36 bits per heavy atom. The number of rotatable bonds is 18. The lowest BCUT2D eigenvalue weighted by atomic mass is 9.74. The number of nitrogens with one attached hydrogen (secondary N) is 2. The summed E-state index contributed by atoms with van der Waals surface area (Å²) in [5.41, 5.74) is 3.24. The van der Waals surface area contributed by atoms with Crippen LogP contribution in [0.3, 0.4) is 0 Å². The molecule has 0 aromatic carbocycles. The van der Waals surface area contributed by atoms with E-state index in [-0.39, 0.29) is 42.7 Å². The third-order valence-electron chi connectivity index (χ3n) is 9.95. The van der Waals surface area contributed by atoms with Gasteiger partial charge in [0.1, 0.15) is 6.73 Å². The first kappa shape index (κ1) is 40.0. The number of hydrogen-bond acceptors (Lipinski definition) is 6. The fraction of sp³-hybridized carbons (Fsp3) is 0.829. The van der Waals surface area contributed by atoms with E-state index in [0.717, 1.165) is 64.4 Å². The molecule has 272 valence electrons. The first-order chi connectivity index (χ1) is 22.2. The number of ether oxygens (including phenoxy) is 1. The van der Waals surface area contributed by atoms with Crippen molar-refractivity contribution >= 4 is 0 Å². The summed E-state index contributed by atoms with van der Waals surface area (Å²) >= 11 is 0. The molecule has 0 aromatic heterocycles. The predicted molar refractivity (Wildman–Crippen MR) is 175 cm³/mol. The van der Waals surface area contributed by atoms with E-state index < -0.39 is 30.3 Å². The van der Waals surface area contributed by atoms with Crippen LogP contribution < -0.4 is 10.8 Å². The third-order valence-corrected chi connectivity index (χ3v) is 9.95. The minimum Gasteiger partial charge on any atom is -0.375 e. The maximum absolute atomic E-state index is 13.5. The van der Waals surface area contributed by atoms with E-state index in [1.54, 1.807) is 0 Å². The molecule has 5 atom stereocenters. The first-order valence-electron chi connectivity index (χ1n) is 17.5. The molecule has 5 unspecified atom stereocenters. The molecule has 1 heterocycles. The number of nitrogens with zero attached hydrogens (tertiary/aromatic N) is 2. The van der Waals surface area contributed by atoms with E-state index >= 15 is 0 Å². The van der Waals surface area contributed by atoms with Crippen molar-refractivity contribution in [2.24, 2.45) is 23.7 Å². The number of allylic oxidation sites excluding steroid dienone is 5. The fourth-order valence-corrected chi connectivity index (χ4v) is 6.89. The van der Waals surface area contributed by atoms with E-state index in [0.29, 0.717) is 18.7 Å². The molecule has 1 aliphatic heterocycles. The van der Waals surface area contributed by atoms with E-state index in [1.807, 2.05) is 19.0 Å². The number of hydroxylamine groups is 1. The molecule has 1 saturated heterocycles. The van der Waals surface area contributed by atoms with Crippen molar-refractivity contribution in [3.05, 3.63) is 34.9 Å². The van der Waals surface area contributed by atoms with Gasteiger partial charge in [0.15, 0.2) is 0 Å². The van der Waals surface area contributed by atoms with E-state index in [9.17, 15) is 26.3 Å². The molecular weight excluding hydrogens is 622 g/mol. The molecule has 0 spiro atoms. The van der Waals surface area contributed by atoms with Gasteiger partial charge in [0.05, 0.1) is 30.7 Å². The van der Waals surface area contributed by atoms with Gasteiger partial charge in [-0.2, -0.15) is 31.8 Å². The van der Waals surface area contributed by atoms with Crippen LogP contribution in [-0.2, 0) is 9.57 Å². The first-order valence-corrected chi connectivity index (χ1v) is 17.5. The summed E-state index contributed by atoms with van der Waals surface area (Å²) < 4.78 is 87.0. The van der Waals surface area contributed by atoms with Crippen LogP contribution in [-0.4, -0.2) is 94.5 Å². The van der Waals surface area contributed by atoms with Gasteiger partial charge < -0.3 is 15.0 Å². The summed E-state index contributed by atoms with van der Waals surface area (Å²) in [4.78, 5) is 10.2. The highest BCUT2D eigenvalue weighted by atomic mass is 19.4. The zero-order chi connectivity index (χ0) is 34.6. The molecule has 1 fully saturated rings. The van der Waals surface area contributed by atoms with Crippen LogP contribution in [0.5, 0.6) is 0 Å². The summed E-state index contributed by atoms with van der Waals surface area (Å²) in [6.45, 7) is 10.7. The number of hydrogen-bond donors (Lipinski definition) is 2.